The number of aromatic amines is 1. The monoisotopic (exact) mass is 489 g/mol. The number of aryl methyl sites for hydroxylation is 3. The fraction of sp³-hybridized carbons (Fsp3) is 0.276. The van der Waals surface area contributed by atoms with Crippen LogP contribution in [0.4, 0.5) is 4.79 Å². The van der Waals surface area contributed by atoms with Gasteiger partial charge in [-0.1, -0.05) is 42.5 Å². The van der Waals surface area contributed by atoms with Crippen LogP contribution in [0.3, 0.4) is 0 Å². The highest BCUT2D eigenvalue weighted by molar-refractivity contribution is 5.98. The summed E-state index contributed by atoms with van der Waals surface area (Å²) in [6, 6.07) is 19.9. The van der Waals surface area contributed by atoms with Gasteiger partial charge in [0.25, 0.3) is 0 Å². The van der Waals surface area contributed by atoms with Gasteiger partial charge in [-0.2, -0.15) is 0 Å². The fourth-order valence-corrected chi connectivity index (χ4v) is 4.33. The second kappa shape index (κ2) is 11.6. The number of methoxy groups -OCH3 is 1. The minimum Gasteiger partial charge on any atom is -0.493 e. The molecule has 36 heavy (non-hydrogen) atoms. The number of hydrogen-bond donors (Lipinski definition) is 2. The number of carboxylic acid groups (broad SMARTS) is 1. The van der Waals surface area contributed by atoms with E-state index in [0.717, 1.165) is 50.2 Å². The number of carbonyl (C=O) groups is 1. The Labute approximate surface area is 210 Å². The molecular formula is C29H31NO6. The molecule has 0 spiro atoms. The highest BCUT2D eigenvalue weighted by Crippen LogP contribution is 2.36. The second-order valence-corrected chi connectivity index (χ2v) is 8.62. The molecule has 4 aromatic rings. The molecule has 0 fully saturated rings. The van der Waals surface area contributed by atoms with Crippen molar-refractivity contribution in [3.8, 4) is 28.5 Å². The number of fused-ring (bicyclic) bond motifs is 1. The molecule has 1 heterocycles. The van der Waals surface area contributed by atoms with Crippen molar-refractivity contribution in [3.05, 3.63) is 77.4 Å². The molecule has 2 N–H and O–H groups in total. The van der Waals surface area contributed by atoms with Crippen molar-refractivity contribution in [2.45, 2.75) is 26.7 Å². The van der Waals surface area contributed by atoms with Gasteiger partial charge in [0.1, 0.15) is 18.1 Å². The summed E-state index contributed by atoms with van der Waals surface area (Å²) < 4.78 is 21.9. The molecule has 3 aromatic carbocycles. The average molecular weight is 490 g/mol. The van der Waals surface area contributed by atoms with Crippen LogP contribution in [0.15, 0.2) is 60.7 Å². The number of para-hydroxylation sites is 1. The van der Waals surface area contributed by atoms with Crippen molar-refractivity contribution in [2.75, 3.05) is 26.9 Å². The summed E-state index contributed by atoms with van der Waals surface area (Å²) in [5.74, 6) is 1.72. The zero-order valence-corrected chi connectivity index (χ0v) is 20.8. The summed E-state index contributed by atoms with van der Waals surface area (Å²) in [6.07, 6.45) is -0.0916. The first-order valence-electron chi connectivity index (χ1n) is 11.9. The molecule has 1 aromatic heterocycles. The lowest BCUT2D eigenvalue weighted by molar-refractivity contribution is 0.142. The molecule has 0 saturated heterocycles. The molecule has 7 heteroatoms. The first-order valence-corrected chi connectivity index (χ1v) is 11.9. The minimum absolute atomic E-state index is 0.253. The first-order chi connectivity index (χ1) is 17.5. The smallest absolute Gasteiger partial charge is 0.493 e. The summed E-state index contributed by atoms with van der Waals surface area (Å²) >= 11 is 0. The molecule has 4 rings (SSSR count). The van der Waals surface area contributed by atoms with E-state index in [1.54, 1.807) is 7.11 Å². The number of aromatic nitrogens is 1. The molecule has 0 radical (unpaired) electrons. The van der Waals surface area contributed by atoms with Crippen molar-refractivity contribution >= 4 is 17.1 Å². The number of benzene rings is 3. The third-order valence-corrected chi connectivity index (χ3v) is 5.95. The Kier molecular flexibility index (Phi) is 8.13. The lowest BCUT2D eigenvalue weighted by Gasteiger charge is -2.11. The molecule has 188 valence electrons. The standard InChI is InChI=1S/C29H31NO6/c1-19-16-21(18-22(17-19)35-15-14-33-3)34-13-7-12-26-25-11-6-10-24(23-9-5-4-8-20(23)2)27(25)30-28(26)36-29(31)32/h4-6,8-11,16-18,30H,7,12-15H2,1-3H3,(H,31,32). The topological polar surface area (TPSA) is 90.0 Å². The van der Waals surface area contributed by atoms with Crippen LogP contribution in [0.25, 0.3) is 22.0 Å². The number of rotatable bonds is 11. The van der Waals surface area contributed by atoms with Gasteiger partial charge >= 0.3 is 6.16 Å². The van der Waals surface area contributed by atoms with E-state index in [-0.39, 0.29) is 5.88 Å². The van der Waals surface area contributed by atoms with Crippen LogP contribution >= 0.6 is 0 Å². The van der Waals surface area contributed by atoms with Crippen molar-refractivity contribution in [1.29, 1.82) is 0 Å². The van der Waals surface area contributed by atoms with Gasteiger partial charge in [0.2, 0.25) is 5.88 Å². The Morgan fingerprint density at radius 2 is 1.61 bits per heavy atom. The van der Waals surface area contributed by atoms with Gasteiger partial charge in [-0.3, -0.25) is 0 Å². The number of nitrogens with one attached hydrogen (secondary N) is 1. The zero-order valence-electron chi connectivity index (χ0n) is 20.8. The van der Waals surface area contributed by atoms with E-state index < -0.39 is 6.16 Å². The second-order valence-electron chi connectivity index (χ2n) is 8.62. The van der Waals surface area contributed by atoms with Crippen molar-refractivity contribution in [3.63, 3.8) is 0 Å². The van der Waals surface area contributed by atoms with Crippen LogP contribution in [0.1, 0.15) is 23.1 Å². The van der Waals surface area contributed by atoms with Gasteiger partial charge in [0.15, 0.2) is 0 Å². The van der Waals surface area contributed by atoms with Crippen LogP contribution in [-0.2, 0) is 11.2 Å². The molecule has 0 aliphatic carbocycles. The van der Waals surface area contributed by atoms with Gasteiger partial charge in [-0.05, 0) is 55.5 Å². The lowest BCUT2D eigenvalue weighted by atomic mass is 9.97. The summed E-state index contributed by atoms with van der Waals surface area (Å²) in [5.41, 5.74) is 5.94. The largest absolute Gasteiger partial charge is 0.512 e. The first kappa shape index (κ1) is 25.1. The molecule has 7 nitrogen and oxygen atoms in total. The molecule has 0 atom stereocenters. The Morgan fingerprint density at radius 3 is 2.33 bits per heavy atom. The Balaban J connectivity index is 1.52. The van der Waals surface area contributed by atoms with Crippen molar-refractivity contribution in [1.82, 2.24) is 4.98 Å². The van der Waals surface area contributed by atoms with Crippen LogP contribution in [0.5, 0.6) is 17.4 Å². The van der Waals surface area contributed by atoms with E-state index in [4.69, 9.17) is 18.9 Å². The van der Waals surface area contributed by atoms with E-state index in [0.29, 0.717) is 32.7 Å². The minimum atomic E-state index is -1.35. The summed E-state index contributed by atoms with van der Waals surface area (Å²) in [4.78, 5) is 14.6. The summed E-state index contributed by atoms with van der Waals surface area (Å²) in [6.45, 7) is 5.49. The van der Waals surface area contributed by atoms with Crippen molar-refractivity contribution < 1.29 is 28.8 Å². The van der Waals surface area contributed by atoms with Crippen LogP contribution in [0.2, 0.25) is 0 Å². The zero-order chi connectivity index (χ0) is 25.5. The number of hydrogen-bond acceptors (Lipinski definition) is 5. The Bertz CT molecular complexity index is 1340. The molecule has 0 bridgehead atoms. The number of H-pyrrole nitrogens is 1. The van der Waals surface area contributed by atoms with E-state index in [9.17, 15) is 9.90 Å². The Hall–Kier alpha value is -3.97. The number of ether oxygens (including phenoxy) is 4. The molecule has 0 unspecified atom stereocenters. The molecule has 0 aliphatic heterocycles. The average Bonchev–Trinajstić information content (AvgIpc) is 3.18. The Morgan fingerprint density at radius 1 is 0.889 bits per heavy atom. The van der Waals surface area contributed by atoms with Gasteiger partial charge in [-0.15, -0.1) is 0 Å². The van der Waals surface area contributed by atoms with Crippen LogP contribution in [-0.4, -0.2) is 43.2 Å². The van der Waals surface area contributed by atoms with E-state index in [2.05, 4.69) is 24.0 Å². The van der Waals surface area contributed by atoms with E-state index in [1.165, 1.54) is 0 Å². The maximum Gasteiger partial charge on any atom is 0.512 e. The maximum absolute atomic E-state index is 11.4. The van der Waals surface area contributed by atoms with Gasteiger partial charge in [0, 0.05) is 29.7 Å². The predicted molar refractivity (Wildman–Crippen MR) is 139 cm³/mol. The molecule has 0 aliphatic rings. The SMILES string of the molecule is COCCOc1cc(C)cc(OCCCc2c(OC(=O)O)[nH]c3c(-c4ccccc4C)cccc23)c1. The van der Waals surface area contributed by atoms with Gasteiger partial charge in [0.05, 0.1) is 18.7 Å². The molecular weight excluding hydrogens is 458 g/mol. The van der Waals surface area contributed by atoms with Crippen LogP contribution < -0.4 is 14.2 Å². The normalized spacial score (nSPS) is 11.0. The van der Waals surface area contributed by atoms with Gasteiger partial charge in [-0.25, -0.2) is 4.79 Å². The fourth-order valence-electron chi connectivity index (χ4n) is 4.33. The summed E-state index contributed by atoms with van der Waals surface area (Å²) in [5, 5.41) is 10.3. The third-order valence-electron chi connectivity index (χ3n) is 5.95. The summed E-state index contributed by atoms with van der Waals surface area (Å²) in [7, 11) is 1.64. The molecule has 0 saturated carbocycles. The quantitative estimate of drug-likeness (QED) is 0.184. The maximum atomic E-state index is 11.4. The lowest BCUT2D eigenvalue weighted by Crippen LogP contribution is -2.06. The predicted octanol–water partition coefficient (Wildman–Crippen LogP) is 6.55. The highest BCUT2D eigenvalue weighted by atomic mass is 16.7. The van der Waals surface area contributed by atoms with Crippen molar-refractivity contribution in [2.24, 2.45) is 0 Å². The van der Waals surface area contributed by atoms with E-state index >= 15 is 0 Å². The third kappa shape index (κ3) is 5.98. The van der Waals surface area contributed by atoms with Crippen LogP contribution in [0, 0.1) is 13.8 Å². The highest BCUT2D eigenvalue weighted by Gasteiger charge is 2.18. The molecule has 0 amide bonds. The van der Waals surface area contributed by atoms with Gasteiger partial charge < -0.3 is 29.0 Å². The van der Waals surface area contributed by atoms with E-state index in [1.807, 2.05) is 55.5 Å².